The first-order chi connectivity index (χ1) is 15.2. The van der Waals surface area contributed by atoms with Gasteiger partial charge in [-0.25, -0.2) is 0 Å². The lowest BCUT2D eigenvalue weighted by molar-refractivity contribution is 0.114. The van der Waals surface area contributed by atoms with Crippen molar-refractivity contribution in [3.63, 3.8) is 0 Å². The van der Waals surface area contributed by atoms with Crippen molar-refractivity contribution in [2.24, 2.45) is 17.8 Å². The lowest BCUT2D eigenvalue weighted by Gasteiger charge is -2.42. The molecule has 2 saturated carbocycles. The van der Waals surface area contributed by atoms with Gasteiger partial charge in [0.1, 0.15) is 0 Å². The summed E-state index contributed by atoms with van der Waals surface area (Å²) in [5.74, 6) is 10.4. The van der Waals surface area contributed by atoms with E-state index in [2.05, 4.69) is 73.9 Å². The van der Waals surface area contributed by atoms with E-state index in [0.29, 0.717) is 0 Å². The van der Waals surface area contributed by atoms with Crippen molar-refractivity contribution in [3.05, 3.63) is 83.4 Å². The quantitative estimate of drug-likeness (QED) is 0.332. The number of hydrogen-bond acceptors (Lipinski definition) is 0. The molecule has 0 aromatic heterocycles. The Labute approximate surface area is 190 Å². The molecule has 31 heavy (non-hydrogen) atoms. The molecule has 0 nitrogen and oxygen atoms in total. The van der Waals surface area contributed by atoms with E-state index >= 15 is 0 Å². The molecule has 0 heteroatoms. The summed E-state index contributed by atoms with van der Waals surface area (Å²) in [7, 11) is 0. The molecule has 4 atom stereocenters. The van der Waals surface area contributed by atoms with E-state index in [1.807, 2.05) is 6.08 Å². The highest BCUT2D eigenvalue weighted by atomic mass is 14.4. The molecule has 1 unspecified atom stereocenters. The van der Waals surface area contributed by atoms with Gasteiger partial charge in [-0.1, -0.05) is 68.4 Å². The van der Waals surface area contributed by atoms with Crippen LogP contribution in [-0.4, -0.2) is 0 Å². The van der Waals surface area contributed by atoms with Crippen LogP contribution in [0.5, 0.6) is 0 Å². The summed E-state index contributed by atoms with van der Waals surface area (Å²) in [6.07, 6.45) is 15.6. The van der Waals surface area contributed by atoms with Crippen LogP contribution in [0.2, 0.25) is 0 Å². The number of allylic oxidation sites excluding steroid dienone is 1. The molecule has 0 radical (unpaired) electrons. The number of hydrogen-bond donors (Lipinski definition) is 0. The predicted octanol–water partition coefficient (Wildman–Crippen LogP) is 8.31. The molecule has 0 saturated heterocycles. The second kappa shape index (κ2) is 10.9. The largest absolute Gasteiger partial charge is 0.103 e. The fourth-order valence-corrected chi connectivity index (χ4v) is 5.97. The fraction of sp³-hybridized carbons (Fsp3) is 0.484. The van der Waals surface area contributed by atoms with Gasteiger partial charge in [0.25, 0.3) is 0 Å². The summed E-state index contributed by atoms with van der Waals surface area (Å²) in [5.41, 5.74) is 5.09. The third kappa shape index (κ3) is 5.92. The fourth-order valence-electron chi connectivity index (χ4n) is 5.97. The highest BCUT2D eigenvalue weighted by Crippen LogP contribution is 2.48. The maximum absolute atomic E-state index is 3.80. The minimum absolute atomic E-state index is 0.758. The molecule has 0 heterocycles. The van der Waals surface area contributed by atoms with E-state index in [1.165, 1.54) is 62.5 Å². The molecular formula is C31H38. The number of aryl methyl sites for hydroxylation is 1. The molecule has 0 bridgehead atoms. The Morgan fingerprint density at radius 3 is 2.16 bits per heavy atom. The molecule has 0 amide bonds. The summed E-state index contributed by atoms with van der Waals surface area (Å²) < 4.78 is 0. The maximum atomic E-state index is 3.80. The minimum Gasteiger partial charge on any atom is -0.103 e. The van der Waals surface area contributed by atoms with Gasteiger partial charge in [-0.15, -0.1) is 6.58 Å². The van der Waals surface area contributed by atoms with Crippen LogP contribution in [0, 0.1) is 29.6 Å². The zero-order valence-corrected chi connectivity index (χ0v) is 19.3. The molecule has 2 aromatic rings. The maximum Gasteiger partial charge on any atom is 0.0249 e. The van der Waals surface area contributed by atoms with Gasteiger partial charge >= 0.3 is 0 Å². The van der Waals surface area contributed by atoms with E-state index in [1.54, 1.807) is 0 Å². The first-order valence-electron chi connectivity index (χ1n) is 12.6. The lowest BCUT2D eigenvalue weighted by atomic mass is 9.63. The van der Waals surface area contributed by atoms with Gasteiger partial charge < -0.3 is 0 Å². The van der Waals surface area contributed by atoms with Gasteiger partial charge in [-0.05, 0) is 104 Å². The van der Waals surface area contributed by atoms with Crippen LogP contribution in [0.1, 0.15) is 92.9 Å². The van der Waals surface area contributed by atoms with Crippen LogP contribution in [0.25, 0.3) is 0 Å². The molecule has 0 spiro atoms. The molecular weight excluding hydrogens is 372 g/mol. The van der Waals surface area contributed by atoms with E-state index in [-0.39, 0.29) is 0 Å². The van der Waals surface area contributed by atoms with E-state index in [9.17, 15) is 0 Å². The Kier molecular flexibility index (Phi) is 7.69. The summed E-state index contributed by atoms with van der Waals surface area (Å²) in [6.45, 7) is 6.14. The van der Waals surface area contributed by atoms with Gasteiger partial charge in [0.2, 0.25) is 0 Å². The average molecular weight is 411 g/mol. The zero-order valence-electron chi connectivity index (χ0n) is 19.3. The molecule has 0 N–H and O–H groups in total. The third-order valence-corrected chi connectivity index (χ3v) is 7.74. The van der Waals surface area contributed by atoms with Crippen LogP contribution >= 0.6 is 0 Å². The minimum atomic E-state index is 0.758. The molecule has 2 fully saturated rings. The number of fused-ring (bicyclic) bond motifs is 1. The SMILES string of the molecule is C=CCCc1ccc(C#Cc2ccc([C@@H]3CC[C@@H]4CC(CCC)CC[C@@H]4C3)cc2)cc1. The average Bonchev–Trinajstić information content (AvgIpc) is 2.82. The van der Waals surface area contributed by atoms with Crippen molar-refractivity contribution in [1.29, 1.82) is 0 Å². The smallest absolute Gasteiger partial charge is 0.0249 e. The van der Waals surface area contributed by atoms with Gasteiger partial charge in [0, 0.05) is 11.1 Å². The highest BCUT2D eigenvalue weighted by Gasteiger charge is 2.35. The van der Waals surface area contributed by atoms with Gasteiger partial charge in [0.05, 0.1) is 0 Å². The summed E-state index contributed by atoms with van der Waals surface area (Å²) in [5, 5.41) is 0. The number of benzene rings is 2. The molecule has 2 aromatic carbocycles. The molecule has 4 rings (SSSR count). The van der Waals surface area contributed by atoms with Crippen molar-refractivity contribution >= 4 is 0 Å². The summed E-state index contributed by atoms with van der Waals surface area (Å²) in [4.78, 5) is 0. The van der Waals surface area contributed by atoms with Crippen LogP contribution in [0.4, 0.5) is 0 Å². The standard InChI is InChI=1S/C31H38/c1-3-5-7-24-8-10-25(11-9-24)12-13-26-14-17-28(18-15-26)30-21-20-29-22-27(6-4-2)16-19-31(29)23-30/h3,8-11,14-15,17-18,27,29-31H,1,4-7,16,19-23H2,2H3/t27?,29-,30-,31-/m1/s1. The topological polar surface area (TPSA) is 0 Å². The number of rotatable bonds is 6. The second-order valence-electron chi connectivity index (χ2n) is 9.89. The monoisotopic (exact) mass is 410 g/mol. The Morgan fingerprint density at radius 2 is 1.48 bits per heavy atom. The van der Waals surface area contributed by atoms with Crippen LogP contribution < -0.4 is 0 Å². The first-order valence-corrected chi connectivity index (χ1v) is 12.6. The van der Waals surface area contributed by atoms with E-state index < -0.39 is 0 Å². The van der Waals surface area contributed by atoms with E-state index in [0.717, 1.165) is 47.6 Å². The molecule has 0 aliphatic heterocycles. The zero-order chi connectivity index (χ0) is 21.5. The Hall–Kier alpha value is -2.26. The van der Waals surface area contributed by atoms with Crippen LogP contribution in [-0.2, 0) is 6.42 Å². The molecule has 162 valence electrons. The van der Waals surface area contributed by atoms with Crippen molar-refractivity contribution in [2.75, 3.05) is 0 Å². The van der Waals surface area contributed by atoms with Crippen LogP contribution in [0.3, 0.4) is 0 Å². The first kappa shape index (κ1) is 22.0. The molecule has 2 aliphatic rings. The van der Waals surface area contributed by atoms with Crippen molar-refractivity contribution in [1.82, 2.24) is 0 Å². The third-order valence-electron chi connectivity index (χ3n) is 7.74. The van der Waals surface area contributed by atoms with Crippen molar-refractivity contribution in [3.8, 4) is 11.8 Å². The van der Waals surface area contributed by atoms with Crippen molar-refractivity contribution < 1.29 is 0 Å². The Bertz CT molecular complexity index is 890. The summed E-state index contributed by atoms with van der Waals surface area (Å²) in [6, 6.07) is 17.8. The molecule has 2 aliphatic carbocycles. The predicted molar refractivity (Wildman–Crippen MR) is 133 cm³/mol. The highest BCUT2D eigenvalue weighted by molar-refractivity contribution is 5.44. The summed E-state index contributed by atoms with van der Waals surface area (Å²) >= 11 is 0. The Morgan fingerprint density at radius 1 is 0.839 bits per heavy atom. The van der Waals surface area contributed by atoms with Gasteiger partial charge in [-0.2, -0.15) is 0 Å². The lowest BCUT2D eigenvalue weighted by Crippen LogP contribution is -2.30. The van der Waals surface area contributed by atoms with Gasteiger partial charge in [0.15, 0.2) is 0 Å². The van der Waals surface area contributed by atoms with Crippen LogP contribution in [0.15, 0.2) is 61.2 Å². The second-order valence-corrected chi connectivity index (χ2v) is 9.89. The van der Waals surface area contributed by atoms with Crippen molar-refractivity contribution in [2.45, 2.75) is 77.0 Å². The normalized spacial score (nSPS) is 25.2. The van der Waals surface area contributed by atoms with E-state index in [4.69, 9.17) is 0 Å². The van der Waals surface area contributed by atoms with Gasteiger partial charge in [-0.3, -0.25) is 0 Å². The Balaban J connectivity index is 1.33.